The molecule has 0 amide bonds. The third-order valence-corrected chi connectivity index (χ3v) is 3.91. The van der Waals surface area contributed by atoms with E-state index in [4.69, 9.17) is 20.7 Å². The maximum Gasteiger partial charge on any atom is 0.240 e. The summed E-state index contributed by atoms with van der Waals surface area (Å²) >= 11 is 0. The van der Waals surface area contributed by atoms with Crippen LogP contribution < -0.4 is 15.8 Å². The summed E-state index contributed by atoms with van der Waals surface area (Å²) in [6.45, 7) is 1.24. The predicted molar refractivity (Wildman–Crippen MR) is 71.3 cm³/mol. The van der Waals surface area contributed by atoms with Gasteiger partial charge in [0.15, 0.2) is 0 Å². The summed E-state index contributed by atoms with van der Waals surface area (Å²) in [6, 6.07) is 4.58. The van der Waals surface area contributed by atoms with Gasteiger partial charge in [0.05, 0.1) is 25.0 Å². The molecule has 8 heteroatoms. The predicted octanol–water partition coefficient (Wildman–Crippen LogP) is -0.886. The zero-order chi connectivity index (χ0) is 14.0. The summed E-state index contributed by atoms with van der Waals surface area (Å²) in [4.78, 5) is 1.81. The Morgan fingerprint density at radius 1 is 1.47 bits per heavy atom. The number of aliphatic hydroxyl groups is 1. The van der Waals surface area contributed by atoms with Crippen molar-refractivity contribution in [1.29, 1.82) is 0 Å². The second-order valence-corrected chi connectivity index (χ2v) is 5.92. The summed E-state index contributed by atoms with van der Waals surface area (Å²) in [7, 11) is -3.85. The van der Waals surface area contributed by atoms with E-state index in [1.165, 1.54) is 6.07 Å². The van der Waals surface area contributed by atoms with Crippen LogP contribution in [0.3, 0.4) is 0 Å². The van der Waals surface area contributed by atoms with E-state index in [0.29, 0.717) is 31.1 Å². The summed E-state index contributed by atoms with van der Waals surface area (Å²) in [6.07, 6.45) is -0.334. The van der Waals surface area contributed by atoms with E-state index < -0.39 is 10.0 Å². The van der Waals surface area contributed by atoms with Gasteiger partial charge in [-0.3, -0.25) is 0 Å². The molecule has 106 valence electrons. The molecule has 1 aliphatic rings. The van der Waals surface area contributed by atoms with Gasteiger partial charge in [0.2, 0.25) is 10.0 Å². The molecular formula is C11H17N3O4S. The molecule has 1 saturated heterocycles. The number of anilines is 2. The normalized spacial score (nSPS) is 20.5. The van der Waals surface area contributed by atoms with Crippen LogP contribution in [-0.4, -0.2) is 45.9 Å². The Kier molecular flexibility index (Phi) is 3.95. The lowest BCUT2D eigenvalue weighted by Crippen LogP contribution is -2.44. The monoisotopic (exact) mass is 287 g/mol. The minimum atomic E-state index is -3.85. The molecule has 0 bridgehead atoms. The van der Waals surface area contributed by atoms with Gasteiger partial charge in [-0.2, -0.15) is 0 Å². The Labute approximate surface area is 111 Å². The Hall–Kier alpha value is -1.35. The summed E-state index contributed by atoms with van der Waals surface area (Å²) in [5, 5.41) is 14.3. The molecule has 0 saturated carbocycles. The highest BCUT2D eigenvalue weighted by atomic mass is 32.2. The van der Waals surface area contributed by atoms with Gasteiger partial charge in [-0.05, 0) is 18.2 Å². The zero-order valence-corrected chi connectivity index (χ0v) is 11.1. The van der Waals surface area contributed by atoms with Crippen LogP contribution >= 0.6 is 0 Å². The quantitative estimate of drug-likeness (QED) is 0.621. The van der Waals surface area contributed by atoms with Crippen molar-refractivity contribution in [2.75, 3.05) is 36.9 Å². The first-order valence-electron chi connectivity index (χ1n) is 5.81. The van der Waals surface area contributed by atoms with Gasteiger partial charge in [0, 0.05) is 18.8 Å². The number of aliphatic hydroxyl groups excluding tert-OH is 1. The zero-order valence-electron chi connectivity index (χ0n) is 10.3. The number of nitrogens with zero attached hydrogens (tertiary/aromatic N) is 1. The van der Waals surface area contributed by atoms with Gasteiger partial charge in [0.25, 0.3) is 0 Å². The first kappa shape index (κ1) is 14.1. The van der Waals surface area contributed by atoms with Gasteiger partial charge in [-0.25, -0.2) is 13.6 Å². The van der Waals surface area contributed by atoms with Crippen molar-refractivity contribution in [3.63, 3.8) is 0 Å². The van der Waals surface area contributed by atoms with E-state index in [2.05, 4.69) is 0 Å². The summed E-state index contributed by atoms with van der Waals surface area (Å²) in [5.74, 6) is 0. The Morgan fingerprint density at radius 2 is 2.21 bits per heavy atom. The SMILES string of the molecule is Nc1ccc(N2CCOC(CO)C2)c(S(N)(=O)=O)c1. The highest BCUT2D eigenvalue weighted by molar-refractivity contribution is 7.89. The number of nitrogen functional groups attached to an aromatic ring is 1. The molecule has 1 heterocycles. The van der Waals surface area contributed by atoms with Crippen LogP contribution in [0.15, 0.2) is 23.1 Å². The van der Waals surface area contributed by atoms with Crippen LogP contribution in [0, 0.1) is 0 Å². The van der Waals surface area contributed by atoms with E-state index in [1.807, 2.05) is 4.90 Å². The molecule has 1 aliphatic heterocycles. The van der Waals surface area contributed by atoms with Crippen molar-refractivity contribution in [3.05, 3.63) is 18.2 Å². The smallest absolute Gasteiger partial charge is 0.240 e. The fourth-order valence-corrected chi connectivity index (χ4v) is 2.86. The second kappa shape index (κ2) is 5.33. The Bertz CT molecular complexity index is 561. The number of rotatable bonds is 3. The molecule has 7 nitrogen and oxygen atoms in total. The molecule has 19 heavy (non-hydrogen) atoms. The number of hydrogen-bond acceptors (Lipinski definition) is 6. The molecule has 0 spiro atoms. The fourth-order valence-electron chi connectivity index (χ4n) is 2.07. The van der Waals surface area contributed by atoms with E-state index in [9.17, 15) is 8.42 Å². The molecule has 1 atom stereocenters. The van der Waals surface area contributed by atoms with Crippen LogP contribution in [0.4, 0.5) is 11.4 Å². The summed E-state index contributed by atoms with van der Waals surface area (Å²) < 4.78 is 28.6. The lowest BCUT2D eigenvalue weighted by atomic mass is 10.2. The maximum atomic E-state index is 11.6. The number of nitrogens with two attached hydrogens (primary N) is 2. The largest absolute Gasteiger partial charge is 0.399 e. The molecule has 0 aliphatic carbocycles. The number of ether oxygens (including phenoxy) is 1. The lowest BCUT2D eigenvalue weighted by Gasteiger charge is -2.34. The van der Waals surface area contributed by atoms with Crippen molar-refractivity contribution in [2.45, 2.75) is 11.0 Å². The van der Waals surface area contributed by atoms with Gasteiger partial charge in [-0.1, -0.05) is 0 Å². The maximum absolute atomic E-state index is 11.6. The molecule has 1 aromatic carbocycles. The molecule has 1 fully saturated rings. The third kappa shape index (κ3) is 3.16. The van der Waals surface area contributed by atoms with Crippen molar-refractivity contribution >= 4 is 21.4 Å². The van der Waals surface area contributed by atoms with Crippen molar-refractivity contribution in [3.8, 4) is 0 Å². The molecular weight excluding hydrogens is 270 g/mol. The van der Waals surface area contributed by atoms with Gasteiger partial charge in [0.1, 0.15) is 4.90 Å². The van der Waals surface area contributed by atoms with Crippen molar-refractivity contribution < 1.29 is 18.3 Å². The lowest BCUT2D eigenvalue weighted by molar-refractivity contribution is 0.00344. The first-order chi connectivity index (χ1) is 8.91. The standard InChI is InChI=1S/C11H17N3O4S/c12-8-1-2-10(11(5-8)19(13,16)17)14-3-4-18-9(6-14)7-15/h1-2,5,9,15H,3-4,6-7,12H2,(H2,13,16,17). The van der Waals surface area contributed by atoms with Gasteiger partial charge >= 0.3 is 0 Å². The number of morpholine rings is 1. The molecule has 2 rings (SSSR count). The highest BCUT2D eigenvalue weighted by Crippen LogP contribution is 2.28. The van der Waals surface area contributed by atoms with Crippen LogP contribution in [0.5, 0.6) is 0 Å². The summed E-state index contributed by atoms with van der Waals surface area (Å²) in [5.41, 5.74) is 6.42. The van der Waals surface area contributed by atoms with Crippen LogP contribution in [0.25, 0.3) is 0 Å². The second-order valence-electron chi connectivity index (χ2n) is 4.39. The average Bonchev–Trinajstić information content (AvgIpc) is 2.37. The van der Waals surface area contributed by atoms with Crippen molar-refractivity contribution in [1.82, 2.24) is 0 Å². The number of hydrogen-bond donors (Lipinski definition) is 3. The van der Waals surface area contributed by atoms with E-state index in [1.54, 1.807) is 12.1 Å². The first-order valence-corrected chi connectivity index (χ1v) is 7.36. The number of benzene rings is 1. The minimum absolute atomic E-state index is 0.00825. The third-order valence-electron chi connectivity index (χ3n) is 2.97. The molecule has 1 aromatic rings. The molecule has 0 radical (unpaired) electrons. The van der Waals surface area contributed by atoms with Crippen molar-refractivity contribution in [2.24, 2.45) is 5.14 Å². The molecule has 5 N–H and O–H groups in total. The highest BCUT2D eigenvalue weighted by Gasteiger charge is 2.24. The average molecular weight is 287 g/mol. The Balaban J connectivity index is 2.39. The van der Waals surface area contributed by atoms with Gasteiger partial charge < -0.3 is 20.5 Å². The molecule has 1 unspecified atom stereocenters. The van der Waals surface area contributed by atoms with Crippen LogP contribution in [0.1, 0.15) is 0 Å². The van der Waals surface area contributed by atoms with E-state index in [-0.39, 0.29) is 17.6 Å². The van der Waals surface area contributed by atoms with Gasteiger partial charge in [-0.15, -0.1) is 0 Å². The van der Waals surface area contributed by atoms with E-state index >= 15 is 0 Å². The fraction of sp³-hybridized carbons (Fsp3) is 0.455. The van der Waals surface area contributed by atoms with Crippen LogP contribution in [0.2, 0.25) is 0 Å². The number of sulfonamides is 1. The number of primary sulfonamides is 1. The molecule has 0 aromatic heterocycles. The Morgan fingerprint density at radius 3 is 2.84 bits per heavy atom. The van der Waals surface area contributed by atoms with Crippen LogP contribution in [-0.2, 0) is 14.8 Å². The minimum Gasteiger partial charge on any atom is -0.399 e. The topological polar surface area (TPSA) is 119 Å². The van der Waals surface area contributed by atoms with E-state index in [0.717, 1.165) is 0 Å².